The molecule has 0 aromatic carbocycles. The van der Waals surface area contributed by atoms with Crippen molar-refractivity contribution in [1.82, 2.24) is 19.9 Å². The fourth-order valence-corrected chi connectivity index (χ4v) is 4.32. The molecule has 1 atom stereocenters. The maximum absolute atomic E-state index is 13.0. The number of carbonyl (C=O) groups excluding carboxylic acids is 1. The number of hydrogen-bond donors (Lipinski definition) is 1. The van der Waals surface area contributed by atoms with Crippen molar-refractivity contribution in [3.8, 4) is 0 Å². The number of fused-ring (bicyclic) bond motifs is 1. The van der Waals surface area contributed by atoms with E-state index in [1.807, 2.05) is 41.5 Å². The van der Waals surface area contributed by atoms with Gasteiger partial charge in [-0.15, -0.1) is 11.3 Å². The Morgan fingerprint density at radius 3 is 3.04 bits per heavy atom. The lowest BCUT2D eigenvalue weighted by Gasteiger charge is -2.32. The van der Waals surface area contributed by atoms with Gasteiger partial charge in [-0.05, 0) is 43.3 Å². The minimum absolute atomic E-state index is 0.0383. The molecule has 8 heteroatoms. The Morgan fingerprint density at radius 2 is 2.25 bits per heavy atom. The van der Waals surface area contributed by atoms with E-state index in [0.717, 1.165) is 24.3 Å². The summed E-state index contributed by atoms with van der Waals surface area (Å²) < 4.78 is 1.65. The smallest absolute Gasteiger partial charge is 0.295 e. The van der Waals surface area contributed by atoms with Crippen LogP contribution in [0.5, 0.6) is 0 Å². The Morgan fingerprint density at radius 1 is 1.36 bits per heavy atom. The van der Waals surface area contributed by atoms with Gasteiger partial charge in [0.25, 0.3) is 5.56 Å². The van der Waals surface area contributed by atoms with Crippen LogP contribution < -0.4 is 15.8 Å². The highest BCUT2D eigenvalue weighted by atomic mass is 32.1. The molecule has 7 nitrogen and oxygen atoms in total. The number of amides is 1. The number of aromatic nitrogens is 3. The van der Waals surface area contributed by atoms with Crippen molar-refractivity contribution in [3.63, 3.8) is 0 Å². The zero-order valence-corrected chi connectivity index (χ0v) is 16.6. The van der Waals surface area contributed by atoms with Crippen molar-refractivity contribution in [2.45, 2.75) is 32.9 Å². The molecule has 1 fully saturated rings. The molecule has 0 radical (unpaired) electrons. The molecule has 146 valence electrons. The number of aryl methyl sites for hydroxylation is 1. The standard InChI is InChI=1S/C20H23N5O2S/c1-2-25-17-16(8-3-9-21-17)23-18(20(25)27)24-10-4-6-14(13-24)19(26)22-12-15-7-5-11-28-15/h3,5,7-9,11,14H,2,4,6,10,12-13H2,1H3,(H,22,26). The molecule has 1 amide bonds. The topological polar surface area (TPSA) is 80.1 Å². The van der Waals surface area contributed by atoms with Crippen molar-refractivity contribution in [2.24, 2.45) is 5.92 Å². The lowest BCUT2D eigenvalue weighted by Crippen LogP contribution is -2.45. The van der Waals surface area contributed by atoms with Crippen LogP contribution in [0.25, 0.3) is 11.2 Å². The molecule has 1 saturated heterocycles. The van der Waals surface area contributed by atoms with Gasteiger partial charge in [-0.1, -0.05) is 6.07 Å². The molecule has 4 heterocycles. The molecular weight excluding hydrogens is 374 g/mol. The molecule has 0 saturated carbocycles. The van der Waals surface area contributed by atoms with E-state index in [2.05, 4.69) is 15.3 Å². The number of thiophene rings is 1. The molecule has 3 aromatic rings. The molecule has 1 aliphatic rings. The Balaban J connectivity index is 1.55. The summed E-state index contributed by atoms with van der Waals surface area (Å²) in [4.78, 5) is 37.6. The average Bonchev–Trinajstić information content (AvgIpc) is 3.25. The van der Waals surface area contributed by atoms with Crippen molar-refractivity contribution in [1.29, 1.82) is 0 Å². The Hall–Kier alpha value is -2.74. The van der Waals surface area contributed by atoms with Crippen LogP contribution in [0, 0.1) is 5.92 Å². The predicted octanol–water partition coefficient (Wildman–Crippen LogP) is 2.41. The lowest BCUT2D eigenvalue weighted by molar-refractivity contribution is -0.125. The van der Waals surface area contributed by atoms with Crippen LogP contribution in [0.2, 0.25) is 0 Å². The van der Waals surface area contributed by atoms with E-state index in [1.54, 1.807) is 22.1 Å². The van der Waals surface area contributed by atoms with Gasteiger partial charge < -0.3 is 10.2 Å². The molecule has 1 aliphatic heterocycles. The lowest BCUT2D eigenvalue weighted by atomic mass is 9.97. The summed E-state index contributed by atoms with van der Waals surface area (Å²) in [7, 11) is 0. The van der Waals surface area contributed by atoms with Gasteiger partial charge in [0.15, 0.2) is 11.5 Å². The fourth-order valence-electron chi connectivity index (χ4n) is 3.68. The second kappa shape index (κ2) is 8.10. The third kappa shape index (κ3) is 3.64. The summed E-state index contributed by atoms with van der Waals surface area (Å²) >= 11 is 1.63. The molecule has 28 heavy (non-hydrogen) atoms. The zero-order valence-electron chi connectivity index (χ0n) is 15.8. The van der Waals surface area contributed by atoms with E-state index in [9.17, 15) is 9.59 Å². The fraction of sp³-hybridized carbons (Fsp3) is 0.400. The first-order valence-electron chi connectivity index (χ1n) is 9.58. The quantitative estimate of drug-likeness (QED) is 0.715. The molecule has 1 N–H and O–H groups in total. The van der Waals surface area contributed by atoms with E-state index < -0.39 is 0 Å². The molecule has 0 spiro atoms. The largest absolute Gasteiger partial charge is 0.351 e. The van der Waals surface area contributed by atoms with Crippen LogP contribution in [0.1, 0.15) is 24.6 Å². The van der Waals surface area contributed by atoms with Crippen LogP contribution >= 0.6 is 11.3 Å². The first-order chi connectivity index (χ1) is 13.7. The predicted molar refractivity (Wildman–Crippen MR) is 111 cm³/mol. The first-order valence-corrected chi connectivity index (χ1v) is 10.5. The molecule has 4 rings (SSSR count). The Kier molecular flexibility index (Phi) is 5.38. The Labute approximate surface area is 167 Å². The third-order valence-electron chi connectivity index (χ3n) is 5.11. The number of nitrogens with one attached hydrogen (secondary N) is 1. The van der Waals surface area contributed by atoms with E-state index in [-0.39, 0.29) is 17.4 Å². The van der Waals surface area contributed by atoms with Crippen molar-refractivity contribution >= 4 is 34.2 Å². The molecule has 0 aliphatic carbocycles. The van der Waals surface area contributed by atoms with Crippen LogP contribution in [0.3, 0.4) is 0 Å². The van der Waals surface area contributed by atoms with Crippen molar-refractivity contribution in [3.05, 3.63) is 51.1 Å². The van der Waals surface area contributed by atoms with E-state index >= 15 is 0 Å². The van der Waals surface area contributed by atoms with Gasteiger partial charge in [0, 0.05) is 30.7 Å². The number of piperidine rings is 1. The minimum Gasteiger partial charge on any atom is -0.351 e. The molecular formula is C20H23N5O2S. The number of rotatable bonds is 5. The van der Waals surface area contributed by atoms with Gasteiger partial charge in [0.1, 0.15) is 5.52 Å². The van der Waals surface area contributed by atoms with E-state index in [0.29, 0.717) is 36.6 Å². The van der Waals surface area contributed by atoms with Gasteiger partial charge >= 0.3 is 0 Å². The summed E-state index contributed by atoms with van der Waals surface area (Å²) in [5.41, 5.74) is 1.15. The third-order valence-corrected chi connectivity index (χ3v) is 5.99. The van der Waals surface area contributed by atoms with Crippen LogP contribution in [-0.4, -0.2) is 33.5 Å². The number of anilines is 1. The van der Waals surface area contributed by atoms with Crippen molar-refractivity contribution in [2.75, 3.05) is 18.0 Å². The van der Waals surface area contributed by atoms with Gasteiger partial charge in [0.05, 0.1) is 12.5 Å². The zero-order chi connectivity index (χ0) is 19.5. The van der Waals surface area contributed by atoms with Crippen LogP contribution in [0.4, 0.5) is 5.82 Å². The minimum atomic E-state index is -0.145. The Bertz CT molecular complexity index is 1030. The number of hydrogen-bond acceptors (Lipinski definition) is 6. The van der Waals surface area contributed by atoms with Gasteiger partial charge in [-0.3, -0.25) is 14.2 Å². The number of carbonyl (C=O) groups is 1. The summed E-state index contributed by atoms with van der Waals surface area (Å²) in [6.45, 7) is 4.24. The van der Waals surface area contributed by atoms with Gasteiger partial charge in [-0.25, -0.2) is 9.97 Å². The van der Waals surface area contributed by atoms with E-state index in [1.165, 1.54) is 0 Å². The molecule has 1 unspecified atom stereocenters. The number of pyridine rings is 1. The van der Waals surface area contributed by atoms with Crippen LogP contribution in [0.15, 0.2) is 40.6 Å². The SMILES string of the molecule is CCn1c(=O)c(N2CCCC(C(=O)NCc3cccs3)C2)nc2cccnc21. The number of nitrogens with zero attached hydrogens (tertiary/aromatic N) is 4. The summed E-state index contributed by atoms with van der Waals surface area (Å²) in [6.07, 6.45) is 3.35. The summed E-state index contributed by atoms with van der Waals surface area (Å²) in [5, 5.41) is 5.03. The van der Waals surface area contributed by atoms with Crippen molar-refractivity contribution < 1.29 is 4.79 Å². The molecule has 0 bridgehead atoms. The second-order valence-electron chi connectivity index (χ2n) is 6.91. The van der Waals surface area contributed by atoms with Gasteiger partial charge in [0.2, 0.25) is 5.91 Å². The highest BCUT2D eigenvalue weighted by molar-refractivity contribution is 7.09. The highest BCUT2D eigenvalue weighted by Gasteiger charge is 2.28. The first kappa shape index (κ1) is 18.6. The second-order valence-corrected chi connectivity index (χ2v) is 7.95. The summed E-state index contributed by atoms with van der Waals surface area (Å²) in [5.74, 6) is 0.309. The maximum Gasteiger partial charge on any atom is 0.295 e. The maximum atomic E-state index is 13.0. The summed E-state index contributed by atoms with van der Waals surface area (Å²) in [6, 6.07) is 7.68. The van der Waals surface area contributed by atoms with E-state index in [4.69, 9.17) is 0 Å². The van der Waals surface area contributed by atoms with Gasteiger partial charge in [-0.2, -0.15) is 0 Å². The monoisotopic (exact) mass is 397 g/mol. The molecule has 3 aromatic heterocycles. The van der Waals surface area contributed by atoms with Crippen LogP contribution in [-0.2, 0) is 17.9 Å². The normalized spacial score (nSPS) is 17.0. The highest BCUT2D eigenvalue weighted by Crippen LogP contribution is 2.21. The average molecular weight is 398 g/mol.